The monoisotopic (exact) mass is 238 g/mol. The Morgan fingerprint density at radius 3 is 2.12 bits per heavy atom. The fourth-order valence-corrected chi connectivity index (χ4v) is 3.57. The fourth-order valence-electron chi connectivity index (χ4n) is 3.57. The minimum atomic E-state index is 0.936. The van der Waals surface area contributed by atoms with E-state index in [0.29, 0.717) is 0 Å². The largest absolute Gasteiger partial charge is 0.319 e. The van der Waals surface area contributed by atoms with E-state index in [2.05, 4.69) is 17.3 Å². The summed E-state index contributed by atoms with van der Waals surface area (Å²) in [7, 11) is 2.08. The maximum absolute atomic E-state index is 3.32. The van der Waals surface area contributed by atoms with Crippen LogP contribution in [-0.2, 0) is 0 Å². The molecule has 0 bridgehead atoms. The molecule has 2 nitrogen and oxygen atoms in total. The summed E-state index contributed by atoms with van der Waals surface area (Å²) in [5.41, 5.74) is 0. The van der Waals surface area contributed by atoms with Crippen molar-refractivity contribution in [2.24, 2.45) is 11.8 Å². The number of likely N-dealkylation sites (tertiary alicyclic amines) is 1. The number of piperidine rings is 1. The van der Waals surface area contributed by atoms with E-state index in [1.807, 2.05) is 0 Å². The summed E-state index contributed by atoms with van der Waals surface area (Å²) in [5, 5.41) is 3.32. The molecule has 100 valence electrons. The van der Waals surface area contributed by atoms with Crippen molar-refractivity contribution in [3.63, 3.8) is 0 Å². The Kier molecular flexibility index (Phi) is 5.79. The van der Waals surface area contributed by atoms with Crippen LogP contribution in [0.4, 0.5) is 0 Å². The summed E-state index contributed by atoms with van der Waals surface area (Å²) >= 11 is 0. The van der Waals surface area contributed by atoms with Crippen LogP contribution in [0.15, 0.2) is 0 Å². The van der Waals surface area contributed by atoms with Gasteiger partial charge in [0.25, 0.3) is 0 Å². The molecule has 2 fully saturated rings. The third-order valence-electron chi connectivity index (χ3n) is 4.69. The zero-order valence-corrected chi connectivity index (χ0v) is 11.6. The van der Waals surface area contributed by atoms with Crippen LogP contribution in [0.5, 0.6) is 0 Å². The molecule has 2 rings (SSSR count). The molecule has 0 aromatic carbocycles. The molecule has 2 aliphatic rings. The molecule has 1 N–H and O–H groups in total. The highest BCUT2D eigenvalue weighted by atomic mass is 15.1. The van der Waals surface area contributed by atoms with Crippen molar-refractivity contribution in [1.29, 1.82) is 0 Å². The molecule has 0 radical (unpaired) electrons. The lowest BCUT2D eigenvalue weighted by Crippen LogP contribution is -2.39. The maximum atomic E-state index is 3.32. The van der Waals surface area contributed by atoms with E-state index in [9.17, 15) is 0 Å². The molecular weight excluding hydrogens is 208 g/mol. The van der Waals surface area contributed by atoms with Crippen LogP contribution in [0.1, 0.15) is 51.4 Å². The van der Waals surface area contributed by atoms with E-state index in [0.717, 1.165) is 11.8 Å². The molecule has 2 heteroatoms. The van der Waals surface area contributed by atoms with Crippen LogP contribution >= 0.6 is 0 Å². The highest BCUT2D eigenvalue weighted by molar-refractivity contribution is 4.76. The van der Waals surface area contributed by atoms with Gasteiger partial charge in [0.15, 0.2) is 0 Å². The molecule has 1 saturated carbocycles. The average molecular weight is 238 g/mol. The molecule has 0 aromatic heterocycles. The molecule has 0 atom stereocenters. The third-order valence-corrected chi connectivity index (χ3v) is 4.69. The summed E-state index contributed by atoms with van der Waals surface area (Å²) in [6.45, 7) is 5.31. The van der Waals surface area contributed by atoms with E-state index < -0.39 is 0 Å². The SMILES string of the molecule is CNCC1CCN(CC2CCCCCC2)CC1. The van der Waals surface area contributed by atoms with Gasteiger partial charge in [0.1, 0.15) is 0 Å². The summed E-state index contributed by atoms with van der Waals surface area (Å²) in [6, 6.07) is 0. The molecule has 1 aliphatic carbocycles. The fraction of sp³-hybridized carbons (Fsp3) is 1.00. The molecular formula is C15H30N2. The maximum Gasteiger partial charge on any atom is 0.000966 e. The van der Waals surface area contributed by atoms with Crippen molar-refractivity contribution >= 4 is 0 Å². The molecule has 0 spiro atoms. The number of rotatable bonds is 4. The van der Waals surface area contributed by atoms with Crippen LogP contribution in [0.25, 0.3) is 0 Å². The zero-order chi connectivity index (χ0) is 11.9. The van der Waals surface area contributed by atoms with Crippen molar-refractivity contribution in [2.45, 2.75) is 51.4 Å². The van der Waals surface area contributed by atoms with Crippen LogP contribution in [-0.4, -0.2) is 38.1 Å². The lowest BCUT2D eigenvalue weighted by Gasteiger charge is -2.34. The Labute approximate surface area is 107 Å². The van der Waals surface area contributed by atoms with E-state index >= 15 is 0 Å². The van der Waals surface area contributed by atoms with E-state index in [1.165, 1.54) is 77.5 Å². The molecule has 1 heterocycles. The number of nitrogens with zero attached hydrogens (tertiary/aromatic N) is 1. The quantitative estimate of drug-likeness (QED) is 0.758. The third kappa shape index (κ3) is 4.59. The van der Waals surface area contributed by atoms with Crippen LogP contribution < -0.4 is 5.32 Å². The van der Waals surface area contributed by atoms with Crippen molar-refractivity contribution in [3.8, 4) is 0 Å². The Hall–Kier alpha value is -0.0800. The Bertz CT molecular complexity index is 189. The van der Waals surface area contributed by atoms with Gasteiger partial charge >= 0.3 is 0 Å². The lowest BCUT2D eigenvalue weighted by molar-refractivity contribution is 0.154. The van der Waals surface area contributed by atoms with Gasteiger partial charge in [0, 0.05) is 6.54 Å². The van der Waals surface area contributed by atoms with Crippen LogP contribution in [0.3, 0.4) is 0 Å². The second kappa shape index (κ2) is 7.38. The second-order valence-electron chi connectivity index (χ2n) is 6.16. The van der Waals surface area contributed by atoms with Gasteiger partial charge in [0.2, 0.25) is 0 Å². The first-order chi connectivity index (χ1) is 8.38. The van der Waals surface area contributed by atoms with E-state index in [-0.39, 0.29) is 0 Å². The molecule has 1 saturated heterocycles. The van der Waals surface area contributed by atoms with Gasteiger partial charge < -0.3 is 10.2 Å². The van der Waals surface area contributed by atoms with E-state index in [1.54, 1.807) is 0 Å². The van der Waals surface area contributed by atoms with Gasteiger partial charge in [0.05, 0.1) is 0 Å². The predicted molar refractivity (Wildman–Crippen MR) is 74.3 cm³/mol. The highest BCUT2D eigenvalue weighted by Crippen LogP contribution is 2.25. The van der Waals surface area contributed by atoms with Crippen molar-refractivity contribution in [2.75, 3.05) is 33.2 Å². The molecule has 0 amide bonds. The van der Waals surface area contributed by atoms with E-state index in [4.69, 9.17) is 0 Å². The summed E-state index contributed by atoms with van der Waals surface area (Å²) in [6.07, 6.45) is 11.8. The summed E-state index contributed by atoms with van der Waals surface area (Å²) in [4.78, 5) is 2.74. The minimum Gasteiger partial charge on any atom is -0.319 e. The molecule has 0 aromatic rings. The molecule has 0 unspecified atom stereocenters. The Morgan fingerprint density at radius 1 is 0.882 bits per heavy atom. The summed E-state index contributed by atoms with van der Waals surface area (Å²) in [5.74, 6) is 1.95. The van der Waals surface area contributed by atoms with Gasteiger partial charge in [-0.05, 0) is 64.2 Å². The van der Waals surface area contributed by atoms with Gasteiger partial charge in [-0.15, -0.1) is 0 Å². The number of nitrogens with one attached hydrogen (secondary N) is 1. The van der Waals surface area contributed by atoms with Crippen molar-refractivity contribution in [3.05, 3.63) is 0 Å². The average Bonchev–Trinajstić information content (AvgIpc) is 2.61. The Balaban J connectivity index is 1.66. The predicted octanol–water partition coefficient (Wildman–Crippen LogP) is 2.89. The van der Waals surface area contributed by atoms with Crippen molar-refractivity contribution < 1.29 is 0 Å². The normalized spacial score (nSPS) is 25.9. The van der Waals surface area contributed by atoms with Crippen LogP contribution in [0.2, 0.25) is 0 Å². The molecule has 1 aliphatic heterocycles. The topological polar surface area (TPSA) is 15.3 Å². The van der Waals surface area contributed by atoms with Crippen molar-refractivity contribution in [1.82, 2.24) is 10.2 Å². The Morgan fingerprint density at radius 2 is 1.53 bits per heavy atom. The number of hydrogen-bond donors (Lipinski definition) is 1. The second-order valence-corrected chi connectivity index (χ2v) is 6.16. The first-order valence-electron chi connectivity index (χ1n) is 7.75. The number of hydrogen-bond acceptors (Lipinski definition) is 2. The highest BCUT2D eigenvalue weighted by Gasteiger charge is 2.21. The first kappa shape index (κ1) is 13.4. The molecule has 17 heavy (non-hydrogen) atoms. The standard InChI is InChI=1S/C15H30N2/c1-16-12-14-8-10-17(11-9-14)13-15-6-4-2-3-5-7-15/h14-16H,2-13H2,1H3. The lowest BCUT2D eigenvalue weighted by atomic mass is 9.94. The minimum absolute atomic E-state index is 0.936. The zero-order valence-electron chi connectivity index (χ0n) is 11.6. The van der Waals surface area contributed by atoms with Gasteiger partial charge in [-0.1, -0.05) is 25.7 Å². The van der Waals surface area contributed by atoms with Gasteiger partial charge in [-0.25, -0.2) is 0 Å². The van der Waals surface area contributed by atoms with Crippen LogP contribution in [0, 0.1) is 11.8 Å². The smallest absolute Gasteiger partial charge is 0.000966 e. The van der Waals surface area contributed by atoms with Gasteiger partial charge in [-0.2, -0.15) is 0 Å². The first-order valence-corrected chi connectivity index (χ1v) is 7.75. The van der Waals surface area contributed by atoms with Gasteiger partial charge in [-0.3, -0.25) is 0 Å². The summed E-state index contributed by atoms with van der Waals surface area (Å²) < 4.78 is 0.